The molecule has 6 heteroatoms. The molecule has 0 unspecified atom stereocenters. The van der Waals surface area contributed by atoms with Crippen LogP contribution in [0, 0.1) is 0 Å². The van der Waals surface area contributed by atoms with E-state index in [-0.39, 0.29) is 13.1 Å². The third-order valence-corrected chi connectivity index (χ3v) is 2.60. The molecule has 1 aliphatic heterocycles. The molecule has 0 radical (unpaired) electrons. The van der Waals surface area contributed by atoms with Crippen molar-refractivity contribution in [3.63, 3.8) is 0 Å². The molecule has 1 N–H and O–H groups in total. The molecule has 0 bridgehead atoms. The SMILES string of the molecule is CCC1(O)CN(C(=O)CCC(F)(F)F)C1. The van der Waals surface area contributed by atoms with Crippen LogP contribution in [0.4, 0.5) is 13.2 Å². The molecule has 0 aliphatic carbocycles. The number of carbonyl (C=O) groups excluding carboxylic acids is 1. The van der Waals surface area contributed by atoms with Gasteiger partial charge >= 0.3 is 6.18 Å². The van der Waals surface area contributed by atoms with Crippen molar-refractivity contribution in [2.24, 2.45) is 0 Å². The fourth-order valence-electron chi connectivity index (χ4n) is 1.47. The molecule has 1 aliphatic rings. The summed E-state index contributed by atoms with van der Waals surface area (Å²) in [5.74, 6) is -0.537. The summed E-state index contributed by atoms with van der Waals surface area (Å²) in [7, 11) is 0. The molecule has 3 nitrogen and oxygen atoms in total. The predicted molar refractivity (Wildman–Crippen MR) is 47.1 cm³/mol. The van der Waals surface area contributed by atoms with Crippen molar-refractivity contribution in [1.82, 2.24) is 4.90 Å². The Morgan fingerprint density at radius 2 is 2.00 bits per heavy atom. The third-order valence-electron chi connectivity index (χ3n) is 2.60. The van der Waals surface area contributed by atoms with Crippen LogP contribution in [0.5, 0.6) is 0 Å². The molecule has 1 saturated heterocycles. The molecule has 88 valence electrons. The van der Waals surface area contributed by atoms with Crippen molar-refractivity contribution in [1.29, 1.82) is 0 Å². The third kappa shape index (κ3) is 3.37. The van der Waals surface area contributed by atoms with Gasteiger partial charge in [-0.25, -0.2) is 0 Å². The molecule has 1 fully saturated rings. The van der Waals surface area contributed by atoms with Crippen molar-refractivity contribution in [3.05, 3.63) is 0 Å². The predicted octanol–water partition coefficient (Wildman–Crippen LogP) is 1.31. The summed E-state index contributed by atoms with van der Waals surface area (Å²) < 4.78 is 35.4. The summed E-state index contributed by atoms with van der Waals surface area (Å²) in [6.07, 6.45) is -5.40. The molecular formula is C9H14F3NO2. The molecule has 0 aromatic rings. The number of hydrogen-bond acceptors (Lipinski definition) is 2. The standard InChI is InChI=1S/C9H14F3NO2/c1-2-8(15)5-13(6-8)7(14)3-4-9(10,11)12/h15H,2-6H2,1H3. The van der Waals surface area contributed by atoms with Crippen LogP contribution >= 0.6 is 0 Å². The monoisotopic (exact) mass is 225 g/mol. The number of halogens is 3. The zero-order valence-electron chi connectivity index (χ0n) is 8.47. The van der Waals surface area contributed by atoms with Crippen molar-refractivity contribution in [2.45, 2.75) is 38.0 Å². The van der Waals surface area contributed by atoms with Gasteiger partial charge in [-0.2, -0.15) is 13.2 Å². The van der Waals surface area contributed by atoms with Gasteiger partial charge in [0.2, 0.25) is 5.91 Å². The number of nitrogens with zero attached hydrogens (tertiary/aromatic N) is 1. The van der Waals surface area contributed by atoms with Gasteiger partial charge in [0.1, 0.15) is 0 Å². The quantitative estimate of drug-likeness (QED) is 0.786. The van der Waals surface area contributed by atoms with Crippen molar-refractivity contribution < 1.29 is 23.1 Å². The number of alkyl halides is 3. The number of amides is 1. The second-order valence-electron chi connectivity index (χ2n) is 3.94. The Morgan fingerprint density at radius 3 is 2.40 bits per heavy atom. The Kier molecular flexibility index (Phi) is 3.28. The van der Waals surface area contributed by atoms with Crippen molar-refractivity contribution in [3.8, 4) is 0 Å². The average molecular weight is 225 g/mol. The van der Waals surface area contributed by atoms with Crippen LogP contribution in [0.2, 0.25) is 0 Å². The molecule has 0 aromatic carbocycles. The lowest BCUT2D eigenvalue weighted by Gasteiger charge is -2.46. The Hall–Kier alpha value is -0.780. The molecule has 1 rings (SSSR count). The van der Waals surface area contributed by atoms with Gasteiger partial charge in [0.15, 0.2) is 0 Å². The summed E-state index contributed by atoms with van der Waals surface area (Å²) in [5, 5.41) is 9.55. The van der Waals surface area contributed by atoms with Crippen molar-refractivity contribution in [2.75, 3.05) is 13.1 Å². The zero-order chi connectivity index (χ0) is 11.7. The molecule has 0 atom stereocenters. The van der Waals surface area contributed by atoms with Gasteiger partial charge in [-0.1, -0.05) is 6.92 Å². The van der Waals surface area contributed by atoms with E-state index in [9.17, 15) is 23.1 Å². The maximum absolute atomic E-state index is 11.8. The number of hydrogen-bond donors (Lipinski definition) is 1. The topological polar surface area (TPSA) is 40.5 Å². The normalized spacial score (nSPS) is 19.9. The fraction of sp³-hybridized carbons (Fsp3) is 0.889. The van der Waals surface area contributed by atoms with E-state index in [2.05, 4.69) is 0 Å². The highest BCUT2D eigenvalue weighted by molar-refractivity contribution is 5.77. The van der Waals surface area contributed by atoms with Gasteiger partial charge in [-0.05, 0) is 6.42 Å². The molecular weight excluding hydrogens is 211 g/mol. The maximum Gasteiger partial charge on any atom is 0.389 e. The number of carbonyl (C=O) groups is 1. The Bertz CT molecular complexity index is 246. The smallest absolute Gasteiger partial charge is 0.386 e. The molecule has 15 heavy (non-hydrogen) atoms. The van der Waals surface area contributed by atoms with E-state index in [1.54, 1.807) is 6.92 Å². The largest absolute Gasteiger partial charge is 0.389 e. The first kappa shape index (κ1) is 12.3. The summed E-state index contributed by atoms with van der Waals surface area (Å²) in [5.41, 5.74) is -0.881. The van der Waals surface area contributed by atoms with E-state index in [0.29, 0.717) is 6.42 Å². The Morgan fingerprint density at radius 1 is 1.47 bits per heavy atom. The van der Waals surface area contributed by atoms with Crippen LogP contribution in [0.3, 0.4) is 0 Å². The van der Waals surface area contributed by atoms with E-state index < -0.39 is 30.5 Å². The first-order chi connectivity index (χ1) is 6.76. The van der Waals surface area contributed by atoms with Crippen LogP contribution in [0.1, 0.15) is 26.2 Å². The van der Waals surface area contributed by atoms with Gasteiger partial charge < -0.3 is 10.0 Å². The number of likely N-dealkylation sites (tertiary alicyclic amines) is 1. The lowest BCUT2D eigenvalue weighted by molar-refractivity contribution is -0.164. The molecule has 0 spiro atoms. The van der Waals surface area contributed by atoms with E-state index in [0.717, 1.165) is 0 Å². The van der Waals surface area contributed by atoms with E-state index in [1.165, 1.54) is 4.90 Å². The van der Waals surface area contributed by atoms with Crippen molar-refractivity contribution >= 4 is 5.91 Å². The number of β-amino-alcohol motifs (C(OH)–C–C–N with tert-alkyl or cyclic N) is 1. The maximum atomic E-state index is 11.8. The highest BCUT2D eigenvalue weighted by Gasteiger charge is 2.42. The van der Waals surface area contributed by atoms with Crippen LogP contribution in [-0.4, -0.2) is 40.8 Å². The first-order valence-electron chi connectivity index (χ1n) is 4.83. The van der Waals surface area contributed by atoms with Gasteiger partial charge in [-0.3, -0.25) is 4.79 Å². The fourth-order valence-corrected chi connectivity index (χ4v) is 1.47. The van der Waals surface area contributed by atoms with Gasteiger partial charge in [-0.15, -0.1) is 0 Å². The lowest BCUT2D eigenvalue weighted by Crippen LogP contribution is -2.63. The molecule has 0 saturated carbocycles. The number of aliphatic hydroxyl groups is 1. The van der Waals surface area contributed by atoms with E-state index >= 15 is 0 Å². The van der Waals surface area contributed by atoms with E-state index in [1.807, 2.05) is 0 Å². The Labute approximate surface area is 85.9 Å². The second kappa shape index (κ2) is 4.00. The number of rotatable bonds is 3. The average Bonchev–Trinajstić information content (AvgIpc) is 2.08. The van der Waals surface area contributed by atoms with Crippen LogP contribution in [0.25, 0.3) is 0 Å². The summed E-state index contributed by atoms with van der Waals surface area (Å²) in [6.45, 7) is 2.08. The minimum atomic E-state index is -4.29. The van der Waals surface area contributed by atoms with Gasteiger partial charge in [0.05, 0.1) is 25.1 Å². The van der Waals surface area contributed by atoms with Crippen LogP contribution < -0.4 is 0 Å². The van der Waals surface area contributed by atoms with Gasteiger partial charge in [0.25, 0.3) is 0 Å². The second-order valence-corrected chi connectivity index (χ2v) is 3.94. The minimum absolute atomic E-state index is 0.153. The minimum Gasteiger partial charge on any atom is -0.386 e. The summed E-state index contributed by atoms with van der Waals surface area (Å²) in [6, 6.07) is 0. The highest BCUT2D eigenvalue weighted by atomic mass is 19.4. The zero-order valence-corrected chi connectivity index (χ0v) is 8.47. The molecule has 1 amide bonds. The first-order valence-corrected chi connectivity index (χ1v) is 4.83. The van der Waals surface area contributed by atoms with Crippen LogP contribution in [0.15, 0.2) is 0 Å². The summed E-state index contributed by atoms with van der Waals surface area (Å²) in [4.78, 5) is 12.4. The van der Waals surface area contributed by atoms with Crippen LogP contribution in [-0.2, 0) is 4.79 Å². The Balaban J connectivity index is 2.27. The van der Waals surface area contributed by atoms with E-state index in [4.69, 9.17) is 0 Å². The summed E-state index contributed by atoms with van der Waals surface area (Å²) >= 11 is 0. The molecule has 0 aromatic heterocycles. The highest BCUT2D eigenvalue weighted by Crippen LogP contribution is 2.27. The lowest BCUT2D eigenvalue weighted by atomic mass is 9.91. The molecule has 1 heterocycles. The van der Waals surface area contributed by atoms with Gasteiger partial charge in [0, 0.05) is 6.42 Å².